The van der Waals surface area contributed by atoms with Gasteiger partial charge in [-0.3, -0.25) is 0 Å². The van der Waals surface area contributed by atoms with E-state index >= 15 is 0 Å². The summed E-state index contributed by atoms with van der Waals surface area (Å²) in [5, 5.41) is 10.3. The first-order valence-corrected chi connectivity index (χ1v) is 6.37. The van der Waals surface area contributed by atoms with Gasteiger partial charge in [0.2, 0.25) is 0 Å². The normalized spacial score (nSPS) is 24.4. The third kappa shape index (κ3) is 3.76. The van der Waals surface area contributed by atoms with Gasteiger partial charge in [0.25, 0.3) is 0 Å². The highest BCUT2D eigenvalue weighted by Gasteiger charge is 2.35. The van der Waals surface area contributed by atoms with Crippen LogP contribution in [0.25, 0.3) is 0 Å². The Kier molecular flexibility index (Phi) is 5.07. The first kappa shape index (κ1) is 13.0. The van der Waals surface area contributed by atoms with E-state index in [-0.39, 0.29) is 17.6 Å². The molecule has 0 saturated carbocycles. The lowest BCUT2D eigenvalue weighted by Crippen LogP contribution is -2.39. The highest BCUT2D eigenvalue weighted by molar-refractivity contribution is 4.86. The van der Waals surface area contributed by atoms with Crippen molar-refractivity contribution in [3.8, 4) is 0 Å². The van der Waals surface area contributed by atoms with E-state index in [2.05, 4.69) is 20.8 Å². The molecule has 0 aromatic rings. The molecule has 2 nitrogen and oxygen atoms in total. The Labute approximate surface area is 94.0 Å². The quantitative estimate of drug-likeness (QED) is 0.688. The summed E-state index contributed by atoms with van der Waals surface area (Å²) in [6.45, 7) is 7.36. The van der Waals surface area contributed by atoms with Crippen LogP contribution in [0.3, 0.4) is 0 Å². The third-order valence-electron chi connectivity index (χ3n) is 3.54. The first-order chi connectivity index (χ1) is 7.08. The maximum Gasteiger partial charge on any atom is 0.0852 e. The summed E-state index contributed by atoms with van der Waals surface area (Å²) in [6.07, 6.45) is 6.74. The molecule has 0 aromatic heterocycles. The fourth-order valence-corrected chi connectivity index (χ4v) is 2.33. The molecular formula is C13H26O2. The Morgan fingerprint density at radius 1 is 1.40 bits per heavy atom. The molecule has 0 bridgehead atoms. The topological polar surface area (TPSA) is 29.5 Å². The Balaban J connectivity index is 2.36. The standard InChI is InChI=1S/C13H26O2/c1-4-5-6-9-13(2,3)12(14)11-8-7-10-15-11/h11-12,14H,4-10H2,1-3H3. The number of rotatable bonds is 6. The Bertz CT molecular complexity index is 171. The minimum absolute atomic E-state index is 0.00414. The molecule has 15 heavy (non-hydrogen) atoms. The summed E-state index contributed by atoms with van der Waals surface area (Å²) in [5.41, 5.74) is 0.00414. The Morgan fingerprint density at radius 2 is 2.13 bits per heavy atom. The molecule has 90 valence electrons. The van der Waals surface area contributed by atoms with E-state index in [9.17, 15) is 5.11 Å². The highest BCUT2D eigenvalue weighted by Crippen LogP contribution is 2.33. The van der Waals surface area contributed by atoms with Crippen LogP contribution in [0.5, 0.6) is 0 Å². The first-order valence-electron chi connectivity index (χ1n) is 6.37. The Hall–Kier alpha value is -0.0800. The van der Waals surface area contributed by atoms with E-state index in [4.69, 9.17) is 4.74 Å². The van der Waals surface area contributed by atoms with Crippen LogP contribution < -0.4 is 0 Å². The smallest absolute Gasteiger partial charge is 0.0852 e. The van der Waals surface area contributed by atoms with Crippen molar-refractivity contribution in [1.82, 2.24) is 0 Å². The monoisotopic (exact) mass is 214 g/mol. The van der Waals surface area contributed by atoms with Crippen molar-refractivity contribution in [3.63, 3.8) is 0 Å². The van der Waals surface area contributed by atoms with Crippen LogP contribution in [-0.4, -0.2) is 23.9 Å². The molecule has 1 N–H and O–H groups in total. The fourth-order valence-electron chi connectivity index (χ4n) is 2.33. The third-order valence-corrected chi connectivity index (χ3v) is 3.54. The van der Waals surface area contributed by atoms with Gasteiger partial charge in [0, 0.05) is 6.61 Å². The minimum atomic E-state index is -0.295. The van der Waals surface area contributed by atoms with Crippen LogP contribution >= 0.6 is 0 Å². The van der Waals surface area contributed by atoms with E-state index in [1.807, 2.05) is 0 Å². The average molecular weight is 214 g/mol. The highest BCUT2D eigenvalue weighted by atomic mass is 16.5. The molecule has 2 unspecified atom stereocenters. The molecule has 0 aromatic carbocycles. The van der Waals surface area contributed by atoms with Crippen molar-refractivity contribution in [2.24, 2.45) is 5.41 Å². The van der Waals surface area contributed by atoms with Gasteiger partial charge in [-0.1, -0.05) is 40.0 Å². The summed E-state index contributed by atoms with van der Waals surface area (Å²) >= 11 is 0. The van der Waals surface area contributed by atoms with Crippen LogP contribution in [0.1, 0.15) is 59.3 Å². The number of hydrogen-bond acceptors (Lipinski definition) is 2. The van der Waals surface area contributed by atoms with Crippen molar-refractivity contribution < 1.29 is 9.84 Å². The summed E-state index contributed by atoms with van der Waals surface area (Å²) in [7, 11) is 0. The molecule has 0 spiro atoms. The van der Waals surface area contributed by atoms with Gasteiger partial charge in [-0.2, -0.15) is 0 Å². The van der Waals surface area contributed by atoms with E-state index in [1.165, 1.54) is 19.3 Å². The van der Waals surface area contributed by atoms with Gasteiger partial charge in [-0.05, 0) is 24.7 Å². The number of hydrogen-bond donors (Lipinski definition) is 1. The summed E-state index contributed by atoms with van der Waals surface area (Å²) in [4.78, 5) is 0. The zero-order valence-electron chi connectivity index (χ0n) is 10.5. The second kappa shape index (κ2) is 5.86. The van der Waals surface area contributed by atoms with E-state index in [0.29, 0.717) is 0 Å². The van der Waals surface area contributed by atoms with Gasteiger partial charge in [-0.15, -0.1) is 0 Å². The number of aliphatic hydroxyl groups is 1. The SMILES string of the molecule is CCCCCC(C)(C)C(O)C1CCCO1. The molecule has 0 aliphatic carbocycles. The minimum Gasteiger partial charge on any atom is -0.390 e. The van der Waals surface area contributed by atoms with Gasteiger partial charge in [-0.25, -0.2) is 0 Å². The number of ether oxygens (including phenoxy) is 1. The summed E-state index contributed by atoms with van der Waals surface area (Å²) < 4.78 is 5.56. The number of unbranched alkanes of at least 4 members (excludes halogenated alkanes) is 2. The largest absolute Gasteiger partial charge is 0.390 e. The van der Waals surface area contributed by atoms with Crippen LogP contribution in [0.15, 0.2) is 0 Å². The zero-order valence-corrected chi connectivity index (χ0v) is 10.5. The van der Waals surface area contributed by atoms with Crippen molar-refractivity contribution in [2.75, 3.05) is 6.61 Å². The lowest BCUT2D eigenvalue weighted by Gasteiger charge is -2.34. The van der Waals surface area contributed by atoms with Gasteiger partial charge >= 0.3 is 0 Å². The van der Waals surface area contributed by atoms with Gasteiger partial charge < -0.3 is 9.84 Å². The van der Waals surface area contributed by atoms with Crippen LogP contribution in [0.4, 0.5) is 0 Å². The molecule has 1 fully saturated rings. The maximum absolute atomic E-state index is 10.3. The van der Waals surface area contributed by atoms with Crippen LogP contribution in [0.2, 0.25) is 0 Å². The van der Waals surface area contributed by atoms with Crippen molar-refractivity contribution in [3.05, 3.63) is 0 Å². The molecule has 0 amide bonds. The lowest BCUT2D eigenvalue weighted by atomic mass is 9.78. The second-order valence-corrected chi connectivity index (χ2v) is 5.44. The van der Waals surface area contributed by atoms with Crippen LogP contribution in [0, 0.1) is 5.41 Å². The second-order valence-electron chi connectivity index (χ2n) is 5.44. The molecular weight excluding hydrogens is 188 g/mol. The number of aliphatic hydroxyl groups excluding tert-OH is 1. The van der Waals surface area contributed by atoms with Gasteiger partial charge in [0.05, 0.1) is 12.2 Å². The molecule has 1 heterocycles. The molecule has 1 aliphatic rings. The van der Waals surface area contributed by atoms with Crippen molar-refractivity contribution in [2.45, 2.75) is 71.5 Å². The van der Waals surface area contributed by atoms with E-state index in [1.54, 1.807) is 0 Å². The van der Waals surface area contributed by atoms with Crippen LogP contribution in [-0.2, 0) is 4.74 Å². The summed E-state index contributed by atoms with van der Waals surface area (Å²) in [5.74, 6) is 0. The Morgan fingerprint density at radius 3 is 2.67 bits per heavy atom. The fraction of sp³-hybridized carbons (Fsp3) is 1.00. The molecule has 0 radical (unpaired) electrons. The average Bonchev–Trinajstić information content (AvgIpc) is 2.69. The molecule has 1 rings (SSSR count). The molecule has 2 heteroatoms. The molecule has 1 aliphatic heterocycles. The maximum atomic E-state index is 10.3. The van der Waals surface area contributed by atoms with E-state index in [0.717, 1.165) is 25.9 Å². The summed E-state index contributed by atoms with van der Waals surface area (Å²) in [6, 6.07) is 0. The predicted molar refractivity (Wildman–Crippen MR) is 62.9 cm³/mol. The van der Waals surface area contributed by atoms with Gasteiger partial charge in [0.15, 0.2) is 0 Å². The molecule has 1 saturated heterocycles. The van der Waals surface area contributed by atoms with Crippen molar-refractivity contribution >= 4 is 0 Å². The van der Waals surface area contributed by atoms with E-state index < -0.39 is 0 Å². The molecule has 2 atom stereocenters. The zero-order chi connectivity index (χ0) is 11.3. The van der Waals surface area contributed by atoms with Crippen molar-refractivity contribution in [1.29, 1.82) is 0 Å². The lowest BCUT2D eigenvalue weighted by molar-refractivity contribution is -0.0653. The van der Waals surface area contributed by atoms with Gasteiger partial charge in [0.1, 0.15) is 0 Å². The predicted octanol–water partition coefficient (Wildman–Crippen LogP) is 3.13.